The zero-order chi connectivity index (χ0) is 20.6. The van der Waals surface area contributed by atoms with E-state index in [1.165, 1.54) is 17.4 Å². The molecule has 0 saturated carbocycles. The van der Waals surface area contributed by atoms with Crippen molar-refractivity contribution in [2.75, 3.05) is 0 Å². The summed E-state index contributed by atoms with van der Waals surface area (Å²) in [5, 5.41) is 2.80. The molecule has 1 aliphatic rings. The number of imide groups is 1. The number of hydrogen-bond donors (Lipinski definition) is 1. The Bertz CT molecular complexity index is 854. The second kappa shape index (κ2) is 10.6. The van der Waals surface area contributed by atoms with Gasteiger partial charge in [-0.25, -0.2) is 4.98 Å². The van der Waals surface area contributed by atoms with Gasteiger partial charge in [0.15, 0.2) is 0 Å². The number of carbonyl (C=O) groups excluding carboxylic acids is 2. The van der Waals surface area contributed by atoms with E-state index in [9.17, 15) is 14.4 Å². The number of piperidine rings is 1. The first-order chi connectivity index (χ1) is 12.9. The van der Waals surface area contributed by atoms with E-state index in [0.717, 1.165) is 5.56 Å². The first kappa shape index (κ1) is 22.5. The molecule has 1 fully saturated rings. The Hall–Kier alpha value is -2.50. The largest absolute Gasteiger partial charge is 0.295 e. The van der Waals surface area contributed by atoms with Gasteiger partial charge < -0.3 is 0 Å². The quantitative estimate of drug-likeness (QED) is 0.811. The van der Waals surface area contributed by atoms with Gasteiger partial charge in [-0.2, -0.15) is 0 Å². The summed E-state index contributed by atoms with van der Waals surface area (Å²) in [6.45, 7) is 11.9. The Kier molecular flexibility index (Phi) is 8.85. The number of nitrogens with one attached hydrogen (secondary N) is 1. The molecule has 0 bridgehead atoms. The number of hydrogen-bond acceptors (Lipinski definition) is 4. The number of aryl methyl sites for hydroxylation is 2. The van der Waals surface area contributed by atoms with Crippen LogP contribution in [-0.2, 0) is 9.59 Å². The number of unbranched alkanes of at least 4 members (excludes halogenated alkanes) is 1. The maximum absolute atomic E-state index is 12.8. The summed E-state index contributed by atoms with van der Waals surface area (Å²) in [6, 6.07) is 4.80. The van der Waals surface area contributed by atoms with Gasteiger partial charge in [-0.15, -0.1) is 0 Å². The van der Waals surface area contributed by atoms with E-state index < -0.39 is 11.9 Å². The van der Waals surface area contributed by atoms with E-state index in [1.54, 1.807) is 13.0 Å². The minimum Gasteiger partial charge on any atom is -0.295 e. The molecular formula is C21H31N3O3. The standard InChI is InChI=1S/C15H15N3O3.C4H10.C2H6/c1-8-4-3-5-10-13(8)15(21)18(9(2)16-10)11-6-7-12(19)17-14(11)20;1-3-4-2;1-2/h3-5,11H,6-7H2,1-2H3,(H,17,19,20);3-4H2,1-2H3;1-2H3. The van der Waals surface area contributed by atoms with Crippen LogP contribution in [0.3, 0.4) is 0 Å². The summed E-state index contributed by atoms with van der Waals surface area (Å²) in [6.07, 6.45) is 3.19. The first-order valence-corrected chi connectivity index (χ1v) is 9.72. The molecule has 3 rings (SSSR count). The highest BCUT2D eigenvalue weighted by Crippen LogP contribution is 2.20. The molecule has 27 heavy (non-hydrogen) atoms. The predicted octanol–water partition coefficient (Wildman–Crippen LogP) is 3.82. The summed E-state index contributed by atoms with van der Waals surface area (Å²) >= 11 is 0. The van der Waals surface area contributed by atoms with Crippen LogP contribution in [0.15, 0.2) is 23.0 Å². The van der Waals surface area contributed by atoms with Crippen molar-refractivity contribution in [3.05, 3.63) is 39.9 Å². The van der Waals surface area contributed by atoms with Crippen molar-refractivity contribution in [3.8, 4) is 0 Å². The van der Waals surface area contributed by atoms with Crippen LogP contribution in [0.4, 0.5) is 0 Å². The molecule has 1 atom stereocenters. The predicted molar refractivity (Wildman–Crippen MR) is 109 cm³/mol. The Labute approximate surface area is 161 Å². The van der Waals surface area contributed by atoms with Crippen molar-refractivity contribution in [3.63, 3.8) is 0 Å². The van der Waals surface area contributed by atoms with Crippen LogP contribution < -0.4 is 10.9 Å². The molecule has 1 aliphatic heterocycles. The first-order valence-electron chi connectivity index (χ1n) is 9.72. The van der Waals surface area contributed by atoms with Crippen molar-refractivity contribution in [2.45, 2.75) is 73.3 Å². The van der Waals surface area contributed by atoms with Crippen LogP contribution in [0, 0.1) is 13.8 Å². The van der Waals surface area contributed by atoms with Gasteiger partial charge in [-0.05, 0) is 31.9 Å². The fourth-order valence-electron chi connectivity index (χ4n) is 2.81. The number of fused-ring (bicyclic) bond motifs is 1. The number of amides is 2. The summed E-state index contributed by atoms with van der Waals surface area (Å²) in [4.78, 5) is 40.4. The van der Waals surface area contributed by atoms with Gasteiger partial charge in [0.2, 0.25) is 11.8 Å². The third-order valence-electron chi connectivity index (χ3n) is 4.34. The maximum Gasteiger partial charge on any atom is 0.262 e. The Balaban J connectivity index is 0.000000541. The molecule has 1 unspecified atom stereocenters. The summed E-state index contributed by atoms with van der Waals surface area (Å²) in [7, 11) is 0. The van der Waals surface area contributed by atoms with Crippen molar-refractivity contribution >= 4 is 22.7 Å². The lowest BCUT2D eigenvalue weighted by Gasteiger charge is -2.24. The molecule has 0 aliphatic carbocycles. The van der Waals surface area contributed by atoms with Gasteiger partial charge >= 0.3 is 0 Å². The molecule has 1 aromatic carbocycles. The van der Waals surface area contributed by atoms with Crippen molar-refractivity contribution in [1.29, 1.82) is 0 Å². The minimum absolute atomic E-state index is 0.230. The molecule has 6 nitrogen and oxygen atoms in total. The smallest absolute Gasteiger partial charge is 0.262 e. The van der Waals surface area contributed by atoms with Gasteiger partial charge in [0, 0.05) is 6.42 Å². The van der Waals surface area contributed by atoms with Gasteiger partial charge in [0.25, 0.3) is 5.56 Å². The molecular weight excluding hydrogens is 342 g/mol. The Morgan fingerprint density at radius 1 is 1.11 bits per heavy atom. The van der Waals surface area contributed by atoms with Gasteiger partial charge in [-0.1, -0.05) is 52.7 Å². The summed E-state index contributed by atoms with van der Waals surface area (Å²) in [5.41, 5.74) is 1.22. The minimum atomic E-state index is -0.674. The van der Waals surface area contributed by atoms with Crippen LogP contribution in [0.25, 0.3) is 10.9 Å². The number of aromatic nitrogens is 2. The molecule has 2 amide bonds. The maximum atomic E-state index is 12.8. The van der Waals surface area contributed by atoms with Gasteiger partial charge in [0.1, 0.15) is 11.9 Å². The van der Waals surface area contributed by atoms with E-state index in [-0.39, 0.29) is 17.9 Å². The highest BCUT2D eigenvalue weighted by atomic mass is 16.2. The lowest BCUT2D eigenvalue weighted by Crippen LogP contribution is -2.45. The Morgan fingerprint density at radius 3 is 2.30 bits per heavy atom. The molecule has 1 saturated heterocycles. The molecule has 0 spiro atoms. The molecule has 1 aromatic heterocycles. The zero-order valence-corrected chi connectivity index (χ0v) is 17.3. The van der Waals surface area contributed by atoms with Crippen molar-refractivity contribution < 1.29 is 9.59 Å². The molecule has 148 valence electrons. The Morgan fingerprint density at radius 2 is 1.74 bits per heavy atom. The van der Waals surface area contributed by atoms with E-state index in [1.807, 2.05) is 32.9 Å². The number of carbonyl (C=O) groups is 2. The van der Waals surface area contributed by atoms with Crippen LogP contribution >= 0.6 is 0 Å². The molecule has 2 aromatic rings. The van der Waals surface area contributed by atoms with E-state index in [0.29, 0.717) is 23.1 Å². The molecule has 0 radical (unpaired) electrons. The van der Waals surface area contributed by atoms with Crippen molar-refractivity contribution in [1.82, 2.24) is 14.9 Å². The van der Waals surface area contributed by atoms with Crippen molar-refractivity contribution in [2.24, 2.45) is 0 Å². The second-order valence-corrected chi connectivity index (χ2v) is 6.27. The average molecular weight is 373 g/mol. The van der Waals surface area contributed by atoms with Crippen LogP contribution in [0.2, 0.25) is 0 Å². The van der Waals surface area contributed by atoms with E-state index in [2.05, 4.69) is 24.1 Å². The lowest BCUT2D eigenvalue weighted by molar-refractivity contribution is -0.135. The fraction of sp³-hybridized carbons (Fsp3) is 0.524. The van der Waals surface area contributed by atoms with E-state index >= 15 is 0 Å². The average Bonchev–Trinajstić information content (AvgIpc) is 2.65. The monoisotopic (exact) mass is 373 g/mol. The normalized spacial score (nSPS) is 16.0. The fourth-order valence-corrected chi connectivity index (χ4v) is 2.81. The number of rotatable bonds is 2. The summed E-state index contributed by atoms with van der Waals surface area (Å²) < 4.78 is 1.40. The molecule has 2 heterocycles. The number of nitrogens with zero attached hydrogens (tertiary/aromatic N) is 2. The third-order valence-corrected chi connectivity index (χ3v) is 4.34. The summed E-state index contributed by atoms with van der Waals surface area (Å²) in [5.74, 6) is -0.259. The molecule has 6 heteroatoms. The second-order valence-electron chi connectivity index (χ2n) is 6.27. The highest BCUT2D eigenvalue weighted by molar-refractivity contribution is 5.99. The van der Waals surface area contributed by atoms with E-state index in [4.69, 9.17) is 0 Å². The van der Waals surface area contributed by atoms with Crippen LogP contribution in [-0.4, -0.2) is 21.4 Å². The van der Waals surface area contributed by atoms with Gasteiger partial charge in [-0.3, -0.25) is 24.3 Å². The van der Waals surface area contributed by atoms with Crippen LogP contribution in [0.5, 0.6) is 0 Å². The zero-order valence-electron chi connectivity index (χ0n) is 17.3. The highest BCUT2D eigenvalue weighted by Gasteiger charge is 2.30. The van der Waals surface area contributed by atoms with Gasteiger partial charge in [0.05, 0.1) is 10.9 Å². The molecule has 1 N–H and O–H groups in total. The topological polar surface area (TPSA) is 81.1 Å². The third kappa shape index (κ3) is 5.25. The number of benzene rings is 1. The SMILES string of the molecule is CC.CCCC.Cc1cccc2nc(C)n(C3CCC(=O)NC3=O)c(=O)c12. The van der Waals surface area contributed by atoms with Crippen LogP contribution in [0.1, 0.15) is 70.8 Å². The lowest BCUT2D eigenvalue weighted by atomic mass is 10.0.